The minimum Gasteiger partial charge on any atom is -0.323 e. The number of hydrogen-bond acceptors (Lipinski definition) is 3. The van der Waals surface area contributed by atoms with Crippen molar-refractivity contribution in [3.05, 3.63) is 12.2 Å². The van der Waals surface area contributed by atoms with Crippen LogP contribution in [0, 0.1) is 0 Å². The van der Waals surface area contributed by atoms with Crippen LogP contribution in [0.25, 0.3) is 0 Å². The molecule has 0 heterocycles. The lowest BCUT2D eigenvalue weighted by Gasteiger charge is -2.04. The van der Waals surface area contributed by atoms with Gasteiger partial charge in [0.1, 0.15) is 0 Å². The molecule has 0 aliphatic heterocycles. The Labute approximate surface area is 60.2 Å². The third-order valence-electron chi connectivity index (χ3n) is 1.02. The van der Waals surface area contributed by atoms with Crippen molar-refractivity contribution in [2.24, 2.45) is 10.9 Å². The first-order valence-electron chi connectivity index (χ1n) is 2.71. The maximum atomic E-state index is 4.90. The van der Waals surface area contributed by atoms with Gasteiger partial charge in [-0.05, 0) is 13.8 Å². The Morgan fingerprint density at radius 1 is 1.89 bits per heavy atom. The van der Waals surface area contributed by atoms with E-state index >= 15 is 0 Å². The van der Waals surface area contributed by atoms with Gasteiger partial charge in [0.05, 0.1) is 5.55 Å². The van der Waals surface area contributed by atoms with Gasteiger partial charge in [0, 0.05) is 5.25 Å². The fourth-order valence-corrected chi connectivity index (χ4v) is 0.728. The zero-order chi connectivity index (χ0) is 7.28. The summed E-state index contributed by atoms with van der Waals surface area (Å²) in [5, 5.41) is 3.77. The average Bonchev–Trinajstić information content (AvgIpc) is 1.82. The first-order chi connectivity index (χ1) is 4.18. The fourth-order valence-electron chi connectivity index (χ4n) is 0.243. The smallest absolute Gasteiger partial charge is 0.0800 e. The van der Waals surface area contributed by atoms with Crippen molar-refractivity contribution < 1.29 is 0 Å². The Bertz CT molecular complexity index is 120. The molecule has 0 spiro atoms. The van der Waals surface area contributed by atoms with E-state index < -0.39 is 0 Å². The molecule has 0 aromatic rings. The maximum absolute atomic E-state index is 4.90. The zero-order valence-corrected chi connectivity index (χ0v) is 6.61. The Morgan fingerprint density at radius 2 is 2.44 bits per heavy atom. The molecule has 52 valence electrons. The van der Waals surface area contributed by atoms with Crippen molar-refractivity contribution in [3.63, 3.8) is 0 Å². The topological polar surface area (TPSA) is 38.4 Å². The van der Waals surface area contributed by atoms with Gasteiger partial charge in [-0.3, -0.25) is 0 Å². The number of nitrogens with zero attached hydrogens (tertiary/aromatic N) is 1. The molecule has 0 fully saturated rings. The van der Waals surface area contributed by atoms with E-state index in [9.17, 15) is 0 Å². The predicted molar refractivity (Wildman–Crippen MR) is 44.5 cm³/mol. The van der Waals surface area contributed by atoms with Crippen LogP contribution in [-0.2, 0) is 0 Å². The van der Waals surface area contributed by atoms with E-state index in [0.717, 1.165) is 5.57 Å². The summed E-state index contributed by atoms with van der Waals surface area (Å²) >= 11 is 1.57. The Hall–Kier alpha value is -0.440. The molecule has 0 aromatic carbocycles. The van der Waals surface area contributed by atoms with Gasteiger partial charge in [-0.2, -0.15) is 5.10 Å². The molecule has 2 nitrogen and oxygen atoms in total. The minimum atomic E-state index is 0.414. The molecule has 3 heteroatoms. The number of rotatable bonds is 3. The second-order valence-corrected chi connectivity index (χ2v) is 3.07. The van der Waals surface area contributed by atoms with Crippen molar-refractivity contribution in [1.29, 1.82) is 0 Å². The van der Waals surface area contributed by atoms with Crippen LogP contribution in [-0.4, -0.2) is 10.8 Å². The summed E-state index contributed by atoms with van der Waals surface area (Å²) in [7, 11) is 0. The summed E-state index contributed by atoms with van der Waals surface area (Å²) in [4.78, 5) is 0. The van der Waals surface area contributed by atoms with Gasteiger partial charge in [-0.25, -0.2) is 0 Å². The Kier molecular flexibility index (Phi) is 4.22. The molecule has 0 bridgehead atoms. The lowest BCUT2D eigenvalue weighted by molar-refractivity contribution is 1.14. The van der Waals surface area contributed by atoms with Crippen LogP contribution in [0.2, 0.25) is 0 Å². The van der Waals surface area contributed by atoms with Gasteiger partial charge in [-0.1, -0.05) is 12.2 Å². The summed E-state index contributed by atoms with van der Waals surface area (Å²) in [6.07, 6.45) is 0. The van der Waals surface area contributed by atoms with Gasteiger partial charge in [-0.15, -0.1) is 11.8 Å². The van der Waals surface area contributed by atoms with E-state index in [0.29, 0.717) is 5.25 Å². The molecule has 0 rings (SSSR count). The number of thioether (sulfide) groups is 1. The lowest BCUT2D eigenvalue weighted by atomic mass is 10.3. The van der Waals surface area contributed by atoms with Crippen molar-refractivity contribution in [1.82, 2.24) is 0 Å². The van der Waals surface area contributed by atoms with Crippen LogP contribution in [0.15, 0.2) is 17.3 Å². The molecular weight excluding hydrogens is 132 g/mol. The van der Waals surface area contributed by atoms with Crippen molar-refractivity contribution in [3.8, 4) is 0 Å². The highest BCUT2D eigenvalue weighted by molar-refractivity contribution is 8.12. The van der Waals surface area contributed by atoms with E-state index in [2.05, 4.69) is 18.6 Å². The molecule has 0 saturated heterocycles. The molecule has 0 aliphatic carbocycles. The first kappa shape index (κ1) is 8.56. The number of nitrogens with two attached hydrogens (primary N) is 1. The van der Waals surface area contributed by atoms with E-state index in [-0.39, 0.29) is 0 Å². The summed E-state index contributed by atoms with van der Waals surface area (Å²) in [6.45, 7) is 7.84. The maximum Gasteiger partial charge on any atom is 0.0800 e. The van der Waals surface area contributed by atoms with Crippen LogP contribution >= 0.6 is 11.8 Å². The second kappa shape index (κ2) is 4.44. The van der Waals surface area contributed by atoms with Gasteiger partial charge in [0.15, 0.2) is 0 Å². The van der Waals surface area contributed by atoms with Crippen LogP contribution < -0.4 is 5.84 Å². The third-order valence-corrected chi connectivity index (χ3v) is 2.07. The highest BCUT2D eigenvalue weighted by atomic mass is 32.2. The van der Waals surface area contributed by atoms with Crippen molar-refractivity contribution >= 4 is 17.3 Å². The summed E-state index contributed by atoms with van der Waals surface area (Å²) in [5.41, 5.74) is 2.76. The van der Waals surface area contributed by atoms with E-state index in [1.165, 1.54) is 0 Å². The quantitative estimate of drug-likeness (QED) is 0.215. The lowest BCUT2D eigenvalue weighted by Crippen LogP contribution is -1.96. The van der Waals surface area contributed by atoms with Gasteiger partial charge in [0.25, 0.3) is 0 Å². The van der Waals surface area contributed by atoms with E-state index in [1.54, 1.807) is 17.3 Å². The summed E-state index contributed by atoms with van der Waals surface area (Å²) in [6, 6.07) is 0. The molecule has 0 aromatic heterocycles. The molecule has 0 amide bonds. The Morgan fingerprint density at radius 3 is 2.78 bits per heavy atom. The molecule has 9 heavy (non-hydrogen) atoms. The molecule has 0 radical (unpaired) electrons. The second-order valence-electron chi connectivity index (χ2n) is 1.88. The molecular formula is C6H12N2S. The normalized spacial score (nSPS) is 14.0. The molecule has 1 atom stereocenters. The van der Waals surface area contributed by atoms with E-state index in [4.69, 9.17) is 5.84 Å². The van der Waals surface area contributed by atoms with Crippen LogP contribution in [0.3, 0.4) is 0 Å². The van der Waals surface area contributed by atoms with Crippen LogP contribution in [0.5, 0.6) is 0 Å². The standard InChI is InChI=1S/C6H12N2S/c1-5(2)6(3)9-4-8-7/h4,6H,1,7H2,2-3H3/b8-4-/t6-/m1/s1. The van der Waals surface area contributed by atoms with Gasteiger partial charge >= 0.3 is 0 Å². The van der Waals surface area contributed by atoms with Crippen molar-refractivity contribution in [2.45, 2.75) is 19.1 Å². The van der Waals surface area contributed by atoms with Gasteiger partial charge in [0.2, 0.25) is 0 Å². The summed E-state index contributed by atoms with van der Waals surface area (Å²) < 4.78 is 0. The highest BCUT2D eigenvalue weighted by Gasteiger charge is 1.98. The summed E-state index contributed by atoms with van der Waals surface area (Å²) in [5.74, 6) is 4.90. The predicted octanol–water partition coefficient (Wildman–Crippen LogP) is 1.59. The minimum absolute atomic E-state index is 0.414. The SMILES string of the molecule is C=C(C)[C@@H](C)S/C=N\N. The zero-order valence-electron chi connectivity index (χ0n) is 5.79. The Balaban J connectivity index is 3.50. The van der Waals surface area contributed by atoms with Crippen molar-refractivity contribution in [2.75, 3.05) is 0 Å². The average molecular weight is 144 g/mol. The first-order valence-corrected chi connectivity index (χ1v) is 3.65. The largest absolute Gasteiger partial charge is 0.323 e. The van der Waals surface area contributed by atoms with Gasteiger partial charge < -0.3 is 5.84 Å². The molecule has 0 saturated carbocycles. The monoisotopic (exact) mass is 144 g/mol. The molecule has 0 aliphatic rings. The third kappa shape index (κ3) is 4.09. The van der Waals surface area contributed by atoms with Crippen LogP contribution in [0.4, 0.5) is 0 Å². The fraction of sp³-hybridized carbons (Fsp3) is 0.500. The number of hydrogen-bond donors (Lipinski definition) is 1. The molecule has 0 unspecified atom stereocenters. The van der Waals surface area contributed by atoms with E-state index in [1.807, 2.05) is 6.92 Å². The van der Waals surface area contributed by atoms with Crippen LogP contribution in [0.1, 0.15) is 13.8 Å². The molecule has 2 N–H and O–H groups in total. The number of hydrazone groups is 1. The highest BCUT2D eigenvalue weighted by Crippen LogP contribution is 2.13.